The highest BCUT2D eigenvalue weighted by Gasteiger charge is 2.48. The summed E-state index contributed by atoms with van der Waals surface area (Å²) in [6.07, 6.45) is 2.71. The SMILES string of the molecule is CCCCC#Cc1ccc(-c2ccc(OS(=O)(=O)C(F)(F)F)cc2)c(F)c1. The fourth-order valence-corrected chi connectivity index (χ4v) is 2.58. The average Bonchev–Trinajstić information content (AvgIpc) is 2.58. The molecule has 144 valence electrons. The van der Waals surface area contributed by atoms with E-state index < -0.39 is 27.2 Å². The van der Waals surface area contributed by atoms with Gasteiger partial charge in [0.25, 0.3) is 0 Å². The highest BCUT2D eigenvalue weighted by atomic mass is 32.2. The maximum atomic E-state index is 14.3. The van der Waals surface area contributed by atoms with E-state index >= 15 is 0 Å². The summed E-state index contributed by atoms with van der Waals surface area (Å²) in [4.78, 5) is 0. The van der Waals surface area contributed by atoms with Crippen LogP contribution < -0.4 is 4.18 Å². The van der Waals surface area contributed by atoms with Crippen molar-refractivity contribution in [3.63, 3.8) is 0 Å². The van der Waals surface area contributed by atoms with Crippen molar-refractivity contribution in [2.24, 2.45) is 0 Å². The Bertz CT molecular complexity index is 953. The van der Waals surface area contributed by atoms with Gasteiger partial charge in [0.15, 0.2) is 0 Å². The number of hydrogen-bond donors (Lipinski definition) is 0. The second-order valence-electron chi connectivity index (χ2n) is 5.61. The van der Waals surface area contributed by atoms with Crippen LogP contribution in [-0.4, -0.2) is 13.9 Å². The van der Waals surface area contributed by atoms with Crippen molar-refractivity contribution in [2.75, 3.05) is 0 Å². The van der Waals surface area contributed by atoms with Crippen molar-refractivity contribution in [2.45, 2.75) is 31.7 Å². The number of halogens is 4. The van der Waals surface area contributed by atoms with Crippen LogP contribution in [-0.2, 0) is 10.1 Å². The molecule has 0 aliphatic heterocycles. The number of rotatable bonds is 5. The summed E-state index contributed by atoms with van der Waals surface area (Å²) in [5.41, 5.74) is -4.44. The number of hydrogen-bond acceptors (Lipinski definition) is 3. The Balaban J connectivity index is 2.18. The fourth-order valence-electron chi connectivity index (χ4n) is 2.12. The third-order valence-electron chi connectivity index (χ3n) is 3.51. The molecule has 27 heavy (non-hydrogen) atoms. The Morgan fingerprint density at radius 3 is 2.30 bits per heavy atom. The summed E-state index contributed by atoms with van der Waals surface area (Å²) in [5.74, 6) is 4.75. The Labute approximate surface area is 155 Å². The molecule has 2 aromatic rings. The first-order chi connectivity index (χ1) is 12.6. The van der Waals surface area contributed by atoms with Gasteiger partial charge < -0.3 is 4.18 Å². The molecule has 0 aliphatic rings. The number of unbranched alkanes of at least 4 members (excludes halogenated alkanes) is 2. The van der Waals surface area contributed by atoms with Crippen LogP contribution in [0.3, 0.4) is 0 Å². The van der Waals surface area contributed by atoms with Crippen molar-refractivity contribution in [1.29, 1.82) is 0 Å². The third kappa shape index (κ3) is 5.47. The van der Waals surface area contributed by atoms with E-state index in [-0.39, 0.29) is 5.56 Å². The molecule has 0 aromatic heterocycles. The molecule has 0 spiro atoms. The van der Waals surface area contributed by atoms with Crippen LogP contribution in [0.5, 0.6) is 5.75 Å². The van der Waals surface area contributed by atoms with Gasteiger partial charge in [0, 0.05) is 17.5 Å². The summed E-state index contributed by atoms with van der Waals surface area (Å²) < 4.78 is 77.2. The average molecular weight is 400 g/mol. The summed E-state index contributed by atoms with van der Waals surface area (Å²) >= 11 is 0. The lowest BCUT2D eigenvalue weighted by Crippen LogP contribution is -2.28. The van der Waals surface area contributed by atoms with Crippen molar-refractivity contribution < 1.29 is 30.2 Å². The van der Waals surface area contributed by atoms with E-state index in [2.05, 4.69) is 16.0 Å². The monoisotopic (exact) mass is 400 g/mol. The normalized spacial score (nSPS) is 11.6. The predicted octanol–water partition coefficient (Wildman–Crippen LogP) is 5.26. The van der Waals surface area contributed by atoms with Crippen molar-refractivity contribution in [3.8, 4) is 28.7 Å². The second-order valence-corrected chi connectivity index (χ2v) is 7.15. The van der Waals surface area contributed by atoms with Gasteiger partial charge in [0.05, 0.1) is 0 Å². The molecule has 0 fully saturated rings. The van der Waals surface area contributed by atoms with Crippen molar-refractivity contribution in [1.82, 2.24) is 0 Å². The molecular formula is C19H16F4O3S. The zero-order valence-electron chi connectivity index (χ0n) is 14.3. The highest BCUT2D eigenvalue weighted by molar-refractivity contribution is 7.88. The molecule has 0 heterocycles. The number of alkyl halides is 3. The minimum atomic E-state index is -5.74. The van der Waals surface area contributed by atoms with Gasteiger partial charge in [0.1, 0.15) is 11.6 Å². The van der Waals surface area contributed by atoms with E-state index in [1.54, 1.807) is 6.07 Å². The summed E-state index contributed by atoms with van der Waals surface area (Å²) in [6.45, 7) is 2.05. The Morgan fingerprint density at radius 1 is 1.07 bits per heavy atom. The lowest BCUT2D eigenvalue weighted by molar-refractivity contribution is -0.0500. The van der Waals surface area contributed by atoms with E-state index in [0.717, 1.165) is 31.4 Å². The largest absolute Gasteiger partial charge is 0.534 e. The zero-order valence-corrected chi connectivity index (χ0v) is 15.1. The molecule has 2 aromatic carbocycles. The molecule has 0 aliphatic carbocycles. The van der Waals surface area contributed by atoms with Crippen LogP contribution in [0.4, 0.5) is 17.6 Å². The molecule has 0 atom stereocenters. The van der Waals surface area contributed by atoms with Crippen molar-refractivity contribution >= 4 is 10.1 Å². The first kappa shape index (κ1) is 20.8. The van der Waals surface area contributed by atoms with Crippen LogP contribution in [0.1, 0.15) is 31.7 Å². The van der Waals surface area contributed by atoms with Crippen LogP contribution in [0.15, 0.2) is 42.5 Å². The first-order valence-electron chi connectivity index (χ1n) is 8.03. The number of benzene rings is 2. The van der Waals surface area contributed by atoms with Crippen LogP contribution in [0.25, 0.3) is 11.1 Å². The van der Waals surface area contributed by atoms with E-state index in [0.29, 0.717) is 11.1 Å². The lowest BCUT2D eigenvalue weighted by atomic mass is 10.0. The van der Waals surface area contributed by atoms with Crippen molar-refractivity contribution in [3.05, 3.63) is 53.8 Å². The van der Waals surface area contributed by atoms with Crippen LogP contribution in [0, 0.1) is 17.7 Å². The molecule has 0 saturated carbocycles. The lowest BCUT2D eigenvalue weighted by Gasteiger charge is -2.10. The standard InChI is InChI=1S/C19H16F4O3S/c1-2-3-4-5-6-14-7-12-17(18(20)13-14)15-8-10-16(11-9-15)26-27(24,25)19(21,22)23/h7-13H,2-4H2,1H3. The molecule has 0 N–H and O–H groups in total. The van der Waals surface area contributed by atoms with E-state index in [1.165, 1.54) is 24.3 Å². The Hall–Kier alpha value is -2.53. The van der Waals surface area contributed by atoms with Gasteiger partial charge in [-0.25, -0.2) is 4.39 Å². The van der Waals surface area contributed by atoms with Gasteiger partial charge in [-0.3, -0.25) is 0 Å². The Kier molecular flexibility index (Phi) is 6.50. The van der Waals surface area contributed by atoms with E-state index in [9.17, 15) is 26.0 Å². The van der Waals surface area contributed by atoms with Gasteiger partial charge in [0.2, 0.25) is 0 Å². The van der Waals surface area contributed by atoms with Crippen LogP contribution >= 0.6 is 0 Å². The summed E-state index contributed by atoms with van der Waals surface area (Å²) in [6, 6.07) is 9.00. The van der Waals surface area contributed by atoms with E-state index in [4.69, 9.17) is 0 Å². The van der Waals surface area contributed by atoms with Gasteiger partial charge in [-0.15, -0.1) is 0 Å². The third-order valence-corrected chi connectivity index (χ3v) is 4.49. The van der Waals surface area contributed by atoms with Gasteiger partial charge >= 0.3 is 15.6 Å². The molecule has 0 amide bonds. The minimum Gasteiger partial charge on any atom is -0.376 e. The minimum absolute atomic E-state index is 0.208. The summed E-state index contributed by atoms with van der Waals surface area (Å²) in [5, 5.41) is 0. The van der Waals surface area contributed by atoms with E-state index in [1.807, 2.05) is 6.92 Å². The smallest absolute Gasteiger partial charge is 0.376 e. The Morgan fingerprint density at radius 2 is 1.74 bits per heavy atom. The zero-order chi connectivity index (χ0) is 20.1. The maximum Gasteiger partial charge on any atom is 0.534 e. The maximum absolute atomic E-state index is 14.3. The van der Waals surface area contributed by atoms with Gasteiger partial charge in [-0.1, -0.05) is 43.4 Å². The van der Waals surface area contributed by atoms with Crippen LogP contribution in [0.2, 0.25) is 0 Å². The van der Waals surface area contributed by atoms with Gasteiger partial charge in [-0.05, 0) is 36.2 Å². The molecule has 0 radical (unpaired) electrons. The van der Waals surface area contributed by atoms with Gasteiger partial charge in [-0.2, -0.15) is 21.6 Å². The molecule has 8 heteroatoms. The molecular weight excluding hydrogens is 384 g/mol. The molecule has 0 unspecified atom stereocenters. The second kappa shape index (κ2) is 8.44. The topological polar surface area (TPSA) is 43.4 Å². The molecule has 0 saturated heterocycles. The fraction of sp³-hybridized carbons (Fsp3) is 0.263. The highest BCUT2D eigenvalue weighted by Crippen LogP contribution is 2.29. The quantitative estimate of drug-likeness (QED) is 0.226. The molecule has 0 bridgehead atoms. The predicted molar refractivity (Wildman–Crippen MR) is 93.8 cm³/mol. The molecule has 3 nitrogen and oxygen atoms in total. The molecule has 2 rings (SSSR count). The first-order valence-corrected chi connectivity index (χ1v) is 9.44. The summed E-state index contributed by atoms with van der Waals surface area (Å²) in [7, 11) is -5.74.